The zero-order chi connectivity index (χ0) is 17.0. The maximum atomic E-state index is 13.1. The molecule has 1 aliphatic heterocycles. The normalized spacial score (nSPS) is 16.6. The van der Waals surface area contributed by atoms with Gasteiger partial charge < -0.3 is 4.42 Å². The Morgan fingerprint density at radius 1 is 1.04 bits per heavy atom. The van der Waals surface area contributed by atoms with Gasteiger partial charge in [-0.15, -0.1) is 22.7 Å². The number of carbonyl (C=O) groups excluding carboxylic acids is 1. The van der Waals surface area contributed by atoms with Crippen molar-refractivity contribution in [2.24, 2.45) is 0 Å². The average molecular weight is 366 g/mol. The standard InChI is InChI=1S/C18H10N2O3S2/c21-15-10-4-1-2-5-11(10)23-16-13(15)14(12-6-3-8-24-12)20(17(16)22)18-19-7-9-25-18/h1-9,14H. The molecule has 0 spiro atoms. The van der Waals surface area contributed by atoms with Crippen molar-refractivity contribution < 1.29 is 9.21 Å². The summed E-state index contributed by atoms with van der Waals surface area (Å²) in [4.78, 5) is 32.9. The van der Waals surface area contributed by atoms with Gasteiger partial charge in [-0.3, -0.25) is 14.5 Å². The van der Waals surface area contributed by atoms with Gasteiger partial charge in [-0.05, 0) is 23.6 Å². The number of carbonyl (C=O) groups is 1. The molecule has 25 heavy (non-hydrogen) atoms. The predicted octanol–water partition coefficient (Wildman–Crippen LogP) is 4.06. The first-order chi connectivity index (χ1) is 12.3. The van der Waals surface area contributed by atoms with Crippen LogP contribution in [0.5, 0.6) is 0 Å². The van der Waals surface area contributed by atoms with E-state index in [9.17, 15) is 9.59 Å². The highest BCUT2D eigenvalue weighted by molar-refractivity contribution is 7.14. The summed E-state index contributed by atoms with van der Waals surface area (Å²) >= 11 is 2.86. The van der Waals surface area contributed by atoms with E-state index in [0.717, 1.165) is 4.88 Å². The number of amides is 1. The van der Waals surface area contributed by atoms with Crippen molar-refractivity contribution in [3.05, 3.63) is 79.8 Å². The summed E-state index contributed by atoms with van der Waals surface area (Å²) in [6, 6.07) is 10.3. The third-order valence-electron chi connectivity index (χ3n) is 4.22. The predicted molar refractivity (Wildman–Crippen MR) is 97.6 cm³/mol. The fourth-order valence-corrected chi connectivity index (χ4v) is 4.66. The number of hydrogen-bond acceptors (Lipinski definition) is 6. The zero-order valence-electron chi connectivity index (χ0n) is 12.7. The van der Waals surface area contributed by atoms with Crippen LogP contribution in [0.25, 0.3) is 11.0 Å². The second-order valence-electron chi connectivity index (χ2n) is 5.58. The summed E-state index contributed by atoms with van der Waals surface area (Å²) in [5.41, 5.74) is 0.648. The second kappa shape index (κ2) is 5.37. The van der Waals surface area contributed by atoms with Gasteiger partial charge in [0.1, 0.15) is 11.6 Å². The molecule has 0 saturated heterocycles. The molecule has 4 aromatic rings. The number of aromatic nitrogens is 1. The number of fused-ring (bicyclic) bond motifs is 2. The Hall–Kier alpha value is -2.77. The van der Waals surface area contributed by atoms with Crippen LogP contribution in [0, 0.1) is 0 Å². The van der Waals surface area contributed by atoms with E-state index in [4.69, 9.17) is 4.42 Å². The maximum absolute atomic E-state index is 13.1. The van der Waals surface area contributed by atoms with Gasteiger partial charge in [0, 0.05) is 16.5 Å². The SMILES string of the molecule is O=C1c2oc3ccccc3c(=O)c2C(c2cccs2)N1c1nccs1. The molecule has 0 saturated carbocycles. The summed E-state index contributed by atoms with van der Waals surface area (Å²) in [7, 11) is 0. The molecule has 4 heterocycles. The molecular formula is C18H10N2O3S2. The lowest BCUT2D eigenvalue weighted by Gasteiger charge is -2.20. The summed E-state index contributed by atoms with van der Waals surface area (Å²) in [6.07, 6.45) is 1.65. The number of thiophene rings is 1. The van der Waals surface area contributed by atoms with Crippen LogP contribution < -0.4 is 10.3 Å². The van der Waals surface area contributed by atoms with E-state index in [1.54, 1.807) is 35.4 Å². The van der Waals surface area contributed by atoms with Gasteiger partial charge in [0.15, 0.2) is 10.6 Å². The minimum Gasteiger partial charge on any atom is -0.450 e. The molecule has 1 aliphatic rings. The van der Waals surface area contributed by atoms with E-state index in [-0.39, 0.29) is 17.1 Å². The molecule has 5 nitrogen and oxygen atoms in total. The van der Waals surface area contributed by atoms with Crippen molar-refractivity contribution in [3.63, 3.8) is 0 Å². The highest BCUT2D eigenvalue weighted by atomic mass is 32.1. The summed E-state index contributed by atoms with van der Waals surface area (Å²) in [5.74, 6) is -0.219. The Morgan fingerprint density at radius 2 is 1.92 bits per heavy atom. The van der Waals surface area contributed by atoms with Gasteiger partial charge in [-0.2, -0.15) is 0 Å². The summed E-state index contributed by atoms with van der Waals surface area (Å²) in [5, 5.41) is 4.78. The number of hydrogen-bond donors (Lipinski definition) is 0. The smallest absolute Gasteiger partial charge is 0.297 e. The number of rotatable bonds is 2. The summed E-state index contributed by atoms with van der Waals surface area (Å²) in [6.45, 7) is 0. The number of thiazole rings is 1. The van der Waals surface area contributed by atoms with Crippen molar-refractivity contribution in [2.45, 2.75) is 6.04 Å². The Kier molecular flexibility index (Phi) is 3.13. The molecule has 0 fully saturated rings. The minimum absolute atomic E-state index is 0.109. The Morgan fingerprint density at radius 3 is 2.68 bits per heavy atom. The van der Waals surface area contributed by atoms with E-state index in [1.807, 2.05) is 22.9 Å². The number of nitrogens with zero attached hydrogens (tertiary/aromatic N) is 2. The van der Waals surface area contributed by atoms with Crippen LogP contribution in [0.4, 0.5) is 5.13 Å². The van der Waals surface area contributed by atoms with Crippen LogP contribution in [0.15, 0.2) is 62.6 Å². The average Bonchev–Trinajstić information content (AvgIpc) is 3.36. The number of benzene rings is 1. The third kappa shape index (κ3) is 2.03. The lowest BCUT2D eigenvalue weighted by atomic mass is 10.0. The van der Waals surface area contributed by atoms with Gasteiger partial charge in [-0.1, -0.05) is 18.2 Å². The first-order valence-corrected chi connectivity index (χ1v) is 9.34. The fourth-order valence-electron chi connectivity index (χ4n) is 3.17. The van der Waals surface area contributed by atoms with E-state index >= 15 is 0 Å². The highest BCUT2D eigenvalue weighted by Crippen LogP contribution is 2.42. The van der Waals surface area contributed by atoms with Crippen LogP contribution >= 0.6 is 22.7 Å². The monoisotopic (exact) mass is 366 g/mol. The number of anilines is 1. The topological polar surface area (TPSA) is 63.4 Å². The van der Waals surface area contributed by atoms with Crippen molar-refractivity contribution >= 4 is 44.7 Å². The molecule has 1 atom stereocenters. The van der Waals surface area contributed by atoms with Crippen LogP contribution in [0.1, 0.15) is 27.0 Å². The van der Waals surface area contributed by atoms with Crippen LogP contribution in [-0.2, 0) is 0 Å². The van der Waals surface area contributed by atoms with Gasteiger partial charge >= 0.3 is 0 Å². The van der Waals surface area contributed by atoms with Crippen molar-refractivity contribution in [2.75, 3.05) is 4.90 Å². The molecule has 0 N–H and O–H groups in total. The molecule has 7 heteroatoms. The molecule has 3 aromatic heterocycles. The molecule has 5 rings (SSSR count). The van der Waals surface area contributed by atoms with Gasteiger partial charge in [0.05, 0.1) is 10.9 Å². The van der Waals surface area contributed by atoms with Gasteiger partial charge in [-0.25, -0.2) is 4.98 Å². The van der Waals surface area contributed by atoms with Crippen LogP contribution in [0.3, 0.4) is 0 Å². The van der Waals surface area contributed by atoms with Crippen LogP contribution in [-0.4, -0.2) is 10.9 Å². The fraction of sp³-hybridized carbons (Fsp3) is 0.0556. The maximum Gasteiger partial charge on any atom is 0.297 e. The third-order valence-corrected chi connectivity index (χ3v) is 5.91. The highest BCUT2D eigenvalue weighted by Gasteiger charge is 2.45. The number of para-hydroxylation sites is 1. The van der Waals surface area contributed by atoms with E-state index < -0.39 is 6.04 Å². The molecule has 0 bridgehead atoms. The molecule has 0 radical (unpaired) electrons. The molecular weight excluding hydrogens is 356 g/mol. The lowest BCUT2D eigenvalue weighted by molar-refractivity contribution is 0.0971. The first-order valence-electron chi connectivity index (χ1n) is 7.58. The quantitative estimate of drug-likeness (QED) is 0.537. The van der Waals surface area contributed by atoms with E-state index in [0.29, 0.717) is 21.7 Å². The Balaban J connectivity index is 1.85. The molecule has 1 amide bonds. The Labute approximate surface area is 149 Å². The Bertz CT molecular complexity index is 1150. The minimum atomic E-state index is -0.505. The van der Waals surface area contributed by atoms with Crippen LogP contribution in [0.2, 0.25) is 0 Å². The van der Waals surface area contributed by atoms with Gasteiger partial charge in [0.25, 0.3) is 5.91 Å². The second-order valence-corrected chi connectivity index (χ2v) is 7.43. The van der Waals surface area contributed by atoms with Crippen molar-refractivity contribution in [3.8, 4) is 0 Å². The molecule has 1 aromatic carbocycles. The largest absolute Gasteiger partial charge is 0.450 e. The van der Waals surface area contributed by atoms with Crippen molar-refractivity contribution in [1.82, 2.24) is 4.98 Å². The van der Waals surface area contributed by atoms with E-state index in [2.05, 4.69) is 4.98 Å². The van der Waals surface area contributed by atoms with Crippen molar-refractivity contribution in [1.29, 1.82) is 0 Å². The summed E-state index contributed by atoms with van der Waals surface area (Å²) < 4.78 is 5.84. The molecule has 1 unspecified atom stereocenters. The molecule has 122 valence electrons. The lowest BCUT2D eigenvalue weighted by Crippen LogP contribution is -2.28. The van der Waals surface area contributed by atoms with Gasteiger partial charge in [0.2, 0.25) is 5.76 Å². The van der Waals surface area contributed by atoms with E-state index in [1.165, 1.54) is 22.7 Å². The molecule has 0 aliphatic carbocycles. The first kappa shape index (κ1) is 14.6. The zero-order valence-corrected chi connectivity index (χ0v) is 14.3.